The van der Waals surface area contributed by atoms with E-state index < -0.39 is 17.9 Å². The number of aryl methyl sites for hydroxylation is 1. The molecule has 0 spiro atoms. The fourth-order valence-corrected chi connectivity index (χ4v) is 1.71. The molecule has 0 aromatic heterocycles. The van der Waals surface area contributed by atoms with Crippen LogP contribution in [0.15, 0.2) is 18.2 Å². The van der Waals surface area contributed by atoms with Crippen LogP contribution in [-0.2, 0) is 22.4 Å². The Kier molecular flexibility index (Phi) is 4.71. The molecule has 98 valence electrons. The van der Waals surface area contributed by atoms with Crippen molar-refractivity contribution in [3.63, 3.8) is 0 Å². The highest BCUT2D eigenvalue weighted by Gasteiger charge is 2.27. The predicted octanol–water partition coefficient (Wildman–Crippen LogP) is 1.59. The van der Waals surface area contributed by atoms with Crippen molar-refractivity contribution in [2.45, 2.75) is 19.8 Å². The van der Waals surface area contributed by atoms with Crippen molar-refractivity contribution in [2.24, 2.45) is 5.92 Å². The maximum absolute atomic E-state index is 10.9. The van der Waals surface area contributed by atoms with Gasteiger partial charge in [0.1, 0.15) is 5.75 Å². The van der Waals surface area contributed by atoms with Crippen molar-refractivity contribution in [1.29, 1.82) is 0 Å². The largest absolute Gasteiger partial charge is 0.496 e. The molecule has 0 saturated carbocycles. The van der Waals surface area contributed by atoms with E-state index in [2.05, 4.69) is 0 Å². The van der Waals surface area contributed by atoms with Crippen LogP contribution >= 0.6 is 0 Å². The molecule has 0 amide bonds. The number of benzene rings is 1. The molecule has 0 radical (unpaired) electrons. The summed E-state index contributed by atoms with van der Waals surface area (Å²) in [5, 5.41) is 17.7. The molecule has 0 aliphatic heterocycles. The molecule has 1 aromatic carbocycles. The lowest BCUT2D eigenvalue weighted by Crippen LogP contribution is -2.25. The van der Waals surface area contributed by atoms with E-state index in [0.717, 1.165) is 12.0 Å². The molecule has 0 bridgehead atoms. The van der Waals surface area contributed by atoms with Crippen LogP contribution in [-0.4, -0.2) is 29.3 Å². The average molecular weight is 252 g/mol. The van der Waals surface area contributed by atoms with Gasteiger partial charge < -0.3 is 14.9 Å². The Morgan fingerprint density at radius 3 is 2.33 bits per heavy atom. The van der Waals surface area contributed by atoms with Crippen LogP contribution in [0.2, 0.25) is 0 Å². The molecule has 0 fully saturated rings. The first-order valence-electron chi connectivity index (χ1n) is 5.61. The van der Waals surface area contributed by atoms with Crippen molar-refractivity contribution >= 4 is 11.9 Å². The summed E-state index contributed by atoms with van der Waals surface area (Å²) in [6.07, 6.45) is 0.712. The van der Waals surface area contributed by atoms with Crippen molar-refractivity contribution < 1.29 is 24.5 Å². The number of carboxylic acid groups (broad SMARTS) is 2. The molecule has 0 aliphatic carbocycles. The lowest BCUT2D eigenvalue weighted by atomic mass is 9.96. The number of hydrogen-bond acceptors (Lipinski definition) is 3. The van der Waals surface area contributed by atoms with Crippen LogP contribution < -0.4 is 4.74 Å². The van der Waals surface area contributed by atoms with Gasteiger partial charge in [0.25, 0.3) is 0 Å². The lowest BCUT2D eigenvalue weighted by molar-refractivity contribution is -0.154. The Morgan fingerprint density at radius 1 is 1.28 bits per heavy atom. The van der Waals surface area contributed by atoms with Crippen molar-refractivity contribution in [1.82, 2.24) is 0 Å². The van der Waals surface area contributed by atoms with Gasteiger partial charge in [0.05, 0.1) is 7.11 Å². The summed E-state index contributed by atoms with van der Waals surface area (Å²) < 4.78 is 5.12. The van der Waals surface area contributed by atoms with E-state index in [-0.39, 0.29) is 6.42 Å². The molecule has 0 aliphatic rings. The molecule has 2 N–H and O–H groups in total. The molecule has 0 unspecified atom stereocenters. The third kappa shape index (κ3) is 3.23. The molecule has 1 rings (SSSR count). The van der Waals surface area contributed by atoms with Crippen LogP contribution in [0.1, 0.15) is 18.1 Å². The van der Waals surface area contributed by atoms with Gasteiger partial charge in [0.2, 0.25) is 0 Å². The highest BCUT2D eigenvalue weighted by Crippen LogP contribution is 2.23. The molecule has 5 nitrogen and oxygen atoms in total. The summed E-state index contributed by atoms with van der Waals surface area (Å²) >= 11 is 0. The number of rotatable bonds is 6. The van der Waals surface area contributed by atoms with Crippen LogP contribution in [0, 0.1) is 5.92 Å². The molecule has 5 heteroatoms. The van der Waals surface area contributed by atoms with Crippen molar-refractivity contribution in [3.8, 4) is 5.75 Å². The van der Waals surface area contributed by atoms with Crippen LogP contribution in [0.3, 0.4) is 0 Å². The van der Waals surface area contributed by atoms with Crippen LogP contribution in [0.25, 0.3) is 0 Å². The van der Waals surface area contributed by atoms with Gasteiger partial charge in [-0.2, -0.15) is 0 Å². The third-order valence-electron chi connectivity index (χ3n) is 2.77. The minimum atomic E-state index is -1.45. The zero-order chi connectivity index (χ0) is 13.7. The van der Waals surface area contributed by atoms with Gasteiger partial charge in [-0.15, -0.1) is 0 Å². The van der Waals surface area contributed by atoms with E-state index in [4.69, 9.17) is 14.9 Å². The van der Waals surface area contributed by atoms with Gasteiger partial charge in [-0.3, -0.25) is 9.59 Å². The maximum Gasteiger partial charge on any atom is 0.318 e. The number of ether oxygens (including phenoxy) is 1. The smallest absolute Gasteiger partial charge is 0.318 e. The topological polar surface area (TPSA) is 83.8 Å². The van der Waals surface area contributed by atoms with Crippen LogP contribution in [0.4, 0.5) is 0 Å². The van der Waals surface area contributed by atoms with E-state index in [1.54, 1.807) is 12.1 Å². The van der Waals surface area contributed by atoms with Gasteiger partial charge in [0, 0.05) is 0 Å². The Labute approximate surface area is 105 Å². The molecule has 1 aromatic rings. The average Bonchev–Trinajstić information content (AvgIpc) is 2.34. The molecule has 18 heavy (non-hydrogen) atoms. The number of hydrogen-bond donors (Lipinski definition) is 2. The zero-order valence-electron chi connectivity index (χ0n) is 10.3. The highest BCUT2D eigenvalue weighted by atomic mass is 16.5. The summed E-state index contributed by atoms with van der Waals surface area (Å²) in [7, 11) is 1.47. The standard InChI is InChI=1S/C13H16O5/c1-3-8-4-5-11(18-2)9(6-8)7-10(12(14)15)13(16)17/h4-6,10H,3,7H2,1-2H3,(H,14,15)(H,16,17). The lowest BCUT2D eigenvalue weighted by Gasteiger charge is -2.12. The summed E-state index contributed by atoms with van der Waals surface area (Å²) in [4.78, 5) is 21.8. The molecule has 0 heterocycles. The Balaban J connectivity index is 3.06. The van der Waals surface area contributed by atoms with Gasteiger partial charge >= 0.3 is 11.9 Å². The monoisotopic (exact) mass is 252 g/mol. The minimum absolute atomic E-state index is 0.0817. The van der Waals surface area contributed by atoms with Gasteiger partial charge in [0.15, 0.2) is 5.92 Å². The van der Waals surface area contributed by atoms with E-state index in [0.29, 0.717) is 11.3 Å². The first-order chi connectivity index (χ1) is 8.49. The fourth-order valence-electron chi connectivity index (χ4n) is 1.71. The second-order valence-corrected chi connectivity index (χ2v) is 3.93. The Morgan fingerprint density at radius 2 is 1.89 bits per heavy atom. The maximum atomic E-state index is 10.9. The first-order valence-corrected chi connectivity index (χ1v) is 5.61. The normalized spacial score (nSPS) is 10.4. The molecular weight excluding hydrogens is 236 g/mol. The predicted molar refractivity (Wildman–Crippen MR) is 64.8 cm³/mol. The fraction of sp³-hybridized carbons (Fsp3) is 0.385. The molecular formula is C13H16O5. The summed E-state index contributed by atoms with van der Waals surface area (Å²) in [6, 6.07) is 5.39. The van der Waals surface area contributed by atoms with E-state index >= 15 is 0 Å². The number of aliphatic carboxylic acids is 2. The molecule has 0 atom stereocenters. The second-order valence-electron chi connectivity index (χ2n) is 3.93. The Bertz CT molecular complexity index is 439. The van der Waals surface area contributed by atoms with E-state index in [1.807, 2.05) is 13.0 Å². The number of carbonyl (C=O) groups is 2. The van der Waals surface area contributed by atoms with Crippen molar-refractivity contribution in [3.05, 3.63) is 29.3 Å². The van der Waals surface area contributed by atoms with Gasteiger partial charge in [-0.1, -0.05) is 19.1 Å². The first kappa shape index (κ1) is 14.0. The summed E-state index contributed by atoms with van der Waals surface area (Å²) in [5.41, 5.74) is 1.62. The highest BCUT2D eigenvalue weighted by molar-refractivity contribution is 5.93. The SMILES string of the molecule is CCc1ccc(OC)c(CC(C(=O)O)C(=O)O)c1. The third-order valence-corrected chi connectivity index (χ3v) is 2.77. The van der Waals surface area contributed by atoms with Crippen molar-refractivity contribution in [2.75, 3.05) is 7.11 Å². The molecule has 0 saturated heterocycles. The van der Waals surface area contributed by atoms with Gasteiger partial charge in [-0.25, -0.2) is 0 Å². The van der Waals surface area contributed by atoms with E-state index in [9.17, 15) is 9.59 Å². The van der Waals surface area contributed by atoms with Crippen LogP contribution in [0.5, 0.6) is 5.75 Å². The number of carboxylic acids is 2. The number of methoxy groups -OCH3 is 1. The summed E-state index contributed by atoms with van der Waals surface area (Å²) in [6.45, 7) is 1.97. The quantitative estimate of drug-likeness (QED) is 0.751. The van der Waals surface area contributed by atoms with E-state index in [1.165, 1.54) is 7.11 Å². The minimum Gasteiger partial charge on any atom is -0.496 e. The summed E-state index contributed by atoms with van der Waals surface area (Å²) in [5.74, 6) is -3.62. The second kappa shape index (κ2) is 6.05. The zero-order valence-corrected chi connectivity index (χ0v) is 10.3. The van der Waals surface area contributed by atoms with Gasteiger partial charge in [-0.05, 0) is 30.0 Å². The Hall–Kier alpha value is -2.04.